The third-order valence-corrected chi connectivity index (χ3v) is 3.82. The summed E-state index contributed by atoms with van der Waals surface area (Å²) in [6.07, 6.45) is 20.8. The molecule has 0 aromatic carbocycles. The van der Waals surface area contributed by atoms with E-state index in [1.54, 1.807) is 6.08 Å². The van der Waals surface area contributed by atoms with Crippen molar-refractivity contribution in [3.63, 3.8) is 0 Å². The standard InChI is InChI=1S/C20H34O3/c1-2-3-13-16-19(21)17-14-11-9-7-5-4-6-8-10-12-15-18-20(22)23/h9,11,14,17H,2-8,10,12-13,15-16,18H2,1H3,(H,22,23)/b11-9+,17-14+. The highest BCUT2D eigenvalue weighted by molar-refractivity contribution is 5.89. The molecule has 0 fully saturated rings. The lowest BCUT2D eigenvalue weighted by Gasteiger charge is -1.99. The van der Waals surface area contributed by atoms with Gasteiger partial charge in [0.05, 0.1) is 0 Å². The largest absolute Gasteiger partial charge is 0.481 e. The zero-order valence-electron chi connectivity index (χ0n) is 14.8. The highest BCUT2D eigenvalue weighted by Gasteiger charge is 1.96. The first-order valence-corrected chi connectivity index (χ1v) is 9.24. The molecule has 132 valence electrons. The maximum absolute atomic E-state index is 11.5. The van der Waals surface area contributed by atoms with Gasteiger partial charge >= 0.3 is 5.97 Å². The van der Waals surface area contributed by atoms with Crippen molar-refractivity contribution in [2.45, 2.75) is 90.4 Å². The molecule has 23 heavy (non-hydrogen) atoms. The number of carbonyl (C=O) groups is 2. The molecule has 0 atom stereocenters. The van der Waals surface area contributed by atoms with Crippen molar-refractivity contribution in [2.75, 3.05) is 0 Å². The fraction of sp³-hybridized carbons (Fsp3) is 0.700. The lowest BCUT2D eigenvalue weighted by Crippen LogP contribution is -1.93. The second-order valence-electron chi connectivity index (χ2n) is 6.12. The molecule has 0 saturated carbocycles. The van der Waals surface area contributed by atoms with Gasteiger partial charge in [0.2, 0.25) is 0 Å². The SMILES string of the molecule is CCCCCC(=O)/C=C/C=C/CCCCCCCCCC(=O)O. The summed E-state index contributed by atoms with van der Waals surface area (Å²) < 4.78 is 0. The topological polar surface area (TPSA) is 54.4 Å². The average molecular weight is 322 g/mol. The number of ketones is 1. The number of carboxylic acids is 1. The Balaban J connectivity index is 3.34. The summed E-state index contributed by atoms with van der Waals surface area (Å²) in [7, 11) is 0. The van der Waals surface area contributed by atoms with Crippen LogP contribution in [0.4, 0.5) is 0 Å². The molecule has 3 heteroatoms. The summed E-state index contributed by atoms with van der Waals surface area (Å²) in [4.78, 5) is 21.8. The maximum atomic E-state index is 11.5. The predicted octanol–water partition coefficient (Wildman–Crippen LogP) is 5.84. The molecule has 0 aliphatic heterocycles. The van der Waals surface area contributed by atoms with Gasteiger partial charge < -0.3 is 5.11 Å². The second kappa shape index (κ2) is 17.0. The van der Waals surface area contributed by atoms with Crippen LogP contribution in [0.1, 0.15) is 90.4 Å². The molecule has 0 aliphatic rings. The molecule has 0 saturated heterocycles. The van der Waals surface area contributed by atoms with Crippen molar-refractivity contribution in [1.29, 1.82) is 0 Å². The molecule has 0 spiro atoms. The third kappa shape index (κ3) is 18.6. The Morgan fingerprint density at radius 2 is 1.39 bits per heavy atom. The number of unbranched alkanes of at least 4 members (excludes halogenated alkanes) is 9. The fourth-order valence-electron chi connectivity index (χ4n) is 2.39. The van der Waals surface area contributed by atoms with Crippen molar-refractivity contribution < 1.29 is 14.7 Å². The van der Waals surface area contributed by atoms with Gasteiger partial charge in [-0.1, -0.05) is 70.1 Å². The Bertz CT molecular complexity index is 356. The lowest BCUT2D eigenvalue weighted by atomic mass is 10.1. The molecule has 3 nitrogen and oxygen atoms in total. The Morgan fingerprint density at radius 1 is 0.783 bits per heavy atom. The van der Waals surface area contributed by atoms with E-state index in [4.69, 9.17) is 5.11 Å². The van der Waals surface area contributed by atoms with E-state index < -0.39 is 5.97 Å². The second-order valence-corrected chi connectivity index (χ2v) is 6.12. The number of rotatable bonds is 16. The van der Waals surface area contributed by atoms with Gasteiger partial charge in [-0.05, 0) is 31.8 Å². The Morgan fingerprint density at radius 3 is 2.04 bits per heavy atom. The third-order valence-electron chi connectivity index (χ3n) is 3.82. The van der Waals surface area contributed by atoms with Crippen molar-refractivity contribution in [3.05, 3.63) is 24.3 Å². The van der Waals surface area contributed by atoms with Gasteiger partial charge in [-0.3, -0.25) is 9.59 Å². The van der Waals surface area contributed by atoms with E-state index in [2.05, 4.69) is 13.0 Å². The van der Waals surface area contributed by atoms with E-state index >= 15 is 0 Å². The van der Waals surface area contributed by atoms with E-state index in [1.165, 1.54) is 25.7 Å². The summed E-state index contributed by atoms with van der Waals surface area (Å²) in [6, 6.07) is 0. The van der Waals surface area contributed by atoms with E-state index in [0.717, 1.165) is 44.9 Å². The van der Waals surface area contributed by atoms with Crippen molar-refractivity contribution in [1.82, 2.24) is 0 Å². The quantitative estimate of drug-likeness (QED) is 0.220. The van der Waals surface area contributed by atoms with E-state index in [0.29, 0.717) is 12.8 Å². The van der Waals surface area contributed by atoms with Gasteiger partial charge in [-0.25, -0.2) is 0 Å². The Hall–Kier alpha value is -1.38. The summed E-state index contributed by atoms with van der Waals surface area (Å²) in [5, 5.41) is 8.52. The van der Waals surface area contributed by atoms with Crippen LogP contribution in [-0.4, -0.2) is 16.9 Å². The molecule has 0 bridgehead atoms. The zero-order valence-corrected chi connectivity index (χ0v) is 14.8. The molecule has 0 amide bonds. The van der Waals surface area contributed by atoms with Gasteiger partial charge in [0.25, 0.3) is 0 Å². The van der Waals surface area contributed by atoms with Gasteiger partial charge in [0, 0.05) is 12.8 Å². The molecular formula is C20H34O3. The van der Waals surface area contributed by atoms with Gasteiger partial charge in [-0.2, -0.15) is 0 Å². The van der Waals surface area contributed by atoms with Crippen LogP contribution in [-0.2, 0) is 9.59 Å². The highest BCUT2D eigenvalue weighted by atomic mass is 16.4. The minimum Gasteiger partial charge on any atom is -0.481 e. The van der Waals surface area contributed by atoms with Crippen LogP contribution in [0.2, 0.25) is 0 Å². The number of hydrogen-bond donors (Lipinski definition) is 1. The number of aliphatic carboxylic acids is 1. The first kappa shape index (κ1) is 21.6. The summed E-state index contributed by atoms with van der Waals surface area (Å²) in [5.74, 6) is -0.459. The molecule has 0 aromatic heterocycles. The van der Waals surface area contributed by atoms with Crippen molar-refractivity contribution in [2.24, 2.45) is 0 Å². The van der Waals surface area contributed by atoms with Crippen molar-refractivity contribution in [3.8, 4) is 0 Å². The minimum atomic E-state index is -0.687. The van der Waals surface area contributed by atoms with E-state index in [9.17, 15) is 9.59 Å². The molecule has 0 radical (unpaired) electrons. The number of hydrogen-bond acceptors (Lipinski definition) is 2. The lowest BCUT2D eigenvalue weighted by molar-refractivity contribution is -0.137. The van der Waals surface area contributed by atoms with Crippen LogP contribution >= 0.6 is 0 Å². The van der Waals surface area contributed by atoms with Crippen molar-refractivity contribution >= 4 is 11.8 Å². The first-order valence-electron chi connectivity index (χ1n) is 9.24. The molecule has 0 aliphatic carbocycles. The normalized spacial score (nSPS) is 11.5. The zero-order chi connectivity index (χ0) is 17.2. The van der Waals surface area contributed by atoms with Crippen LogP contribution in [0, 0.1) is 0 Å². The average Bonchev–Trinajstić information content (AvgIpc) is 2.51. The van der Waals surface area contributed by atoms with Gasteiger partial charge in [0.15, 0.2) is 5.78 Å². The Kier molecular flexibility index (Phi) is 16.0. The summed E-state index contributed by atoms with van der Waals surface area (Å²) >= 11 is 0. The molecule has 0 heterocycles. The monoisotopic (exact) mass is 322 g/mol. The van der Waals surface area contributed by atoms with Gasteiger partial charge in [0.1, 0.15) is 0 Å². The van der Waals surface area contributed by atoms with E-state index in [-0.39, 0.29) is 5.78 Å². The van der Waals surface area contributed by atoms with Gasteiger partial charge in [-0.15, -0.1) is 0 Å². The number of carbonyl (C=O) groups excluding carboxylic acids is 1. The summed E-state index contributed by atoms with van der Waals surface area (Å²) in [6.45, 7) is 2.14. The van der Waals surface area contributed by atoms with Crippen LogP contribution < -0.4 is 0 Å². The van der Waals surface area contributed by atoms with Crippen LogP contribution in [0.3, 0.4) is 0 Å². The van der Waals surface area contributed by atoms with Crippen LogP contribution in [0.25, 0.3) is 0 Å². The fourth-order valence-corrected chi connectivity index (χ4v) is 2.39. The smallest absolute Gasteiger partial charge is 0.303 e. The van der Waals surface area contributed by atoms with Crippen LogP contribution in [0.5, 0.6) is 0 Å². The van der Waals surface area contributed by atoms with Crippen LogP contribution in [0.15, 0.2) is 24.3 Å². The molecule has 0 rings (SSSR count). The number of allylic oxidation sites excluding steroid dienone is 4. The highest BCUT2D eigenvalue weighted by Crippen LogP contribution is 2.10. The van der Waals surface area contributed by atoms with E-state index in [1.807, 2.05) is 12.2 Å². The number of carboxylic acid groups (broad SMARTS) is 1. The molecular weight excluding hydrogens is 288 g/mol. The molecule has 1 N–H and O–H groups in total. The predicted molar refractivity (Wildman–Crippen MR) is 96.6 cm³/mol. The molecule has 0 aromatic rings. The first-order chi connectivity index (χ1) is 11.2. The minimum absolute atomic E-state index is 0.228. The Labute approximate surface area is 141 Å². The molecule has 0 unspecified atom stereocenters. The maximum Gasteiger partial charge on any atom is 0.303 e. The summed E-state index contributed by atoms with van der Waals surface area (Å²) in [5.41, 5.74) is 0.